The summed E-state index contributed by atoms with van der Waals surface area (Å²) in [5.41, 5.74) is 0.845. The molecule has 0 saturated heterocycles. The number of carbonyl (C=O) groups excluding carboxylic acids is 1. The third kappa shape index (κ3) is 4.50. The van der Waals surface area contributed by atoms with E-state index in [-0.39, 0.29) is 12.0 Å². The minimum absolute atomic E-state index is 0.241. The maximum absolute atomic E-state index is 11.7. The van der Waals surface area contributed by atoms with Crippen LogP contribution in [0.1, 0.15) is 26.2 Å². The number of methoxy groups -OCH3 is 1. The number of unbranched alkanes of at least 4 members (excludes halogenated alkanes) is 1. The van der Waals surface area contributed by atoms with E-state index in [1.807, 2.05) is 12.1 Å². The Hall–Kier alpha value is -0.740. The number of ether oxygens (including phenoxy) is 1. The zero-order valence-corrected chi connectivity index (χ0v) is 12.8. The van der Waals surface area contributed by atoms with Crippen molar-refractivity contribution in [2.45, 2.75) is 32.2 Å². The number of esters is 1. The lowest BCUT2D eigenvalue weighted by molar-refractivity contribution is -0.141. The van der Waals surface area contributed by atoms with Crippen molar-refractivity contribution in [3.63, 3.8) is 0 Å². The Kier molecular flexibility index (Phi) is 6.50. The number of halogens is 2. The minimum Gasteiger partial charge on any atom is -0.467 e. The van der Waals surface area contributed by atoms with Crippen LogP contribution in [0.25, 0.3) is 0 Å². The van der Waals surface area contributed by atoms with Gasteiger partial charge in [-0.25, -0.2) is 4.79 Å². The van der Waals surface area contributed by atoms with E-state index in [1.165, 1.54) is 7.11 Å². The molecule has 0 aliphatic rings. The molecule has 0 spiro atoms. The van der Waals surface area contributed by atoms with Crippen molar-refractivity contribution >= 4 is 39.2 Å². The van der Waals surface area contributed by atoms with Crippen molar-refractivity contribution in [2.75, 3.05) is 12.4 Å². The Labute approximate surface area is 121 Å². The molecule has 0 radical (unpaired) electrons. The quantitative estimate of drug-likeness (QED) is 0.791. The number of nitrogens with one attached hydrogen (secondary N) is 1. The smallest absolute Gasteiger partial charge is 0.328 e. The van der Waals surface area contributed by atoms with E-state index < -0.39 is 0 Å². The second-order valence-electron chi connectivity index (χ2n) is 3.99. The Bertz CT molecular complexity index is 412. The van der Waals surface area contributed by atoms with E-state index in [1.54, 1.807) is 6.07 Å². The van der Waals surface area contributed by atoms with Crippen molar-refractivity contribution < 1.29 is 9.53 Å². The summed E-state index contributed by atoms with van der Waals surface area (Å²) in [7, 11) is 1.40. The lowest BCUT2D eigenvalue weighted by Crippen LogP contribution is -2.30. The highest BCUT2D eigenvalue weighted by atomic mass is 79.9. The first-order valence-electron chi connectivity index (χ1n) is 5.88. The van der Waals surface area contributed by atoms with E-state index in [9.17, 15) is 4.79 Å². The molecule has 5 heteroatoms. The summed E-state index contributed by atoms with van der Waals surface area (Å²) in [6.07, 6.45) is 2.77. The Morgan fingerprint density at radius 1 is 1.56 bits per heavy atom. The van der Waals surface area contributed by atoms with Gasteiger partial charge >= 0.3 is 5.97 Å². The molecule has 100 valence electrons. The molecule has 0 aliphatic heterocycles. The highest BCUT2D eigenvalue weighted by molar-refractivity contribution is 9.10. The molecule has 1 unspecified atom stereocenters. The Morgan fingerprint density at radius 2 is 2.28 bits per heavy atom. The van der Waals surface area contributed by atoms with Gasteiger partial charge in [-0.15, -0.1) is 0 Å². The highest BCUT2D eigenvalue weighted by Crippen LogP contribution is 2.26. The third-order valence-corrected chi connectivity index (χ3v) is 3.81. The molecule has 0 fully saturated rings. The summed E-state index contributed by atoms with van der Waals surface area (Å²) in [5, 5.41) is 3.81. The first-order valence-corrected chi connectivity index (χ1v) is 7.05. The molecule has 0 aromatic heterocycles. The summed E-state index contributed by atoms with van der Waals surface area (Å²) in [4.78, 5) is 11.7. The van der Waals surface area contributed by atoms with E-state index in [0.29, 0.717) is 5.02 Å². The topological polar surface area (TPSA) is 38.3 Å². The van der Waals surface area contributed by atoms with Crippen molar-refractivity contribution in [1.82, 2.24) is 0 Å². The average Bonchev–Trinajstić information content (AvgIpc) is 2.37. The number of benzene rings is 1. The molecule has 1 atom stereocenters. The van der Waals surface area contributed by atoms with Crippen LogP contribution in [0.4, 0.5) is 5.69 Å². The number of hydrogen-bond donors (Lipinski definition) is 1. The van der Waals surface area contributed by atoms with Gasteiger partial charge in [0.15, 0.2) is 0 Å². The van der Waals surface area contributed by atoms with Gasteiger partial charge in [-0.1, -0.05) is 31.4 Å². The maximum Gasteiger partial charge on any atom is 0.328 e. The lowest BCUT2D eigenvalue weighted by Gasteiger charge is -2.17. The molecule has 0 aliphatic carbocycles. The fraction of sp³-hybridized carbons (Fsp3) is 0.462. The molecule has 18 heavy (non-hydrogen) atoms. The first-order chi connectivity index (χ1) is 8.58. The molecule has 0 saturated carbocycles. The molecule has 1 N–H and O–H groups in total. The van der Waals surface area contributed by atoms with Crippen LogP contribution in [-0.4, -0.2) is 19.1 Å². The van der Waals surface area contributed by atoms with Crippen molar-refractivity contribution in [1.29, 1.82) is 0 Å². The minimum atomic E-state index is -0.317. The van der Waals surface area contributed by atoms with Gasteiger partial charge in [-0.3, -0.25) is 0 Å². The number of carbonyl (C=O) groups is 1. The second kappa shape index (κ2) is 7.64. The molecule has 0 heterocycles. The fourth-order valence-electron chi connectivity index (χ4n) is 1.59. The summed E-state index contributed by atoms with van der Waals surface area (Å²) in [6.45, 7) is 2.09. The molecule has 1 aromatic rings. The predicted octanol–water partition coefficient (Wildman–Crippen LogP) is 4.25. The Balaban J connectivity index is 2.75. The van der Waals surface area contributed by atoms with Crippen LogP contribution in [0.2, 0.25) is 5.02 Å². The summed E-state index contributed by atoms with van der Waals surface area (Å²) in [6, 6.07) is 5.16. The normalized spacial score (nSPS) is 12.0. The van der Waals surface area contributed by atoms with Crippen LogP contribution in [0.5, 0.6) is 0 Å². The number of rotatable bonds is 6. The summed E-state index contributed by atoms with van der Waals surface area (Å²) < 4.78 is 5.60. The van der Waals surface area contributed by atoms with E-state index in [4.69, 9.17) is 16.3 Å². The van der Waals surface area contributed by atoms with Gasteiger partial charge in [-0.2, -0.15) is 0 Å². The predicted molar refractivity (Wildman–Crippen MR) is 78.1 cm³/mol. The zero-order chi connectivity index (χ0) is 13.5. The van der Waals surface area contributed by atoms with E-state index in [0.717, 1.165) is 29.4 Å². The zero-order valence-electron chi connectivity index (χ0n) is 10.5. The van der Waals surface area contributed by atoms with Gasteiger partial charge in [0.25, 0.3) is 0 Å². The van der Waals surface area contributed by atoms with Gasteiger partial charge in [0, 0.05) is 10.2 Å². The van der Waals surface area contributed by atoms with Gasteiger partial charge < -0.3 is 10.1 Å². The fourth-order valence-corrected chi connectivity index (χ4v) is 2.08. The molecular weight excluding hydrogens is 318 g/mol. The monoisotopic (exact) mass is 333 g/mol. The van der Waals surface area contributed by atoms with Crippen LogP contribution >= 0.6 is 27.5 Å². The van der Waals surface area contributed by atoms with Crippen LogP contribution < -0.4 is 5.32 Å². The number of hydrogen-bond acceptors (Lipinski definition) is 3. The maximum atomic E-state index is 11.7. The molecule has 1 aromatic carbocycles. The SMILES string of the molecule is CCCCC(Nc1ccc(Cl)c(Br)c1)C(=O)OC. The van der Waals surface area contributed by atoms with Gasteiger partial charge in [0.2, 0.25) is 0 Å². The third-order valence-electron chi connectivity index (χ3n) is 2.59. The Morgan fingerprint density at radius 3 is 2.83 bits per heavy atom. The first kappa shape index (κ1) is 15.3. The van der Waals surface area contributed by atoms with E-state index in [2.05, 4.69) is 28.2 Å². The largest absolute Gasteiger partial charge is 0.467 e. The van der Waals surface area contributed by atoms with Crippen molar-refractivity contribution in [3.8, 4) is 0 Å². The van der Waals surface area contributed by atoms with Crippen molar-refractivity contribution in [3.05, 3.63) is 27.7 Å². The lowest BCUT2D eigenvalue weighted by atomic mass is 10.1. The van der Waals surface area contributed by atoms with Crippen LogP contribution in [0.15, 0.2) is 22.7 Å². The van der Waals surface area contributed by atoms with Crippen molar-refractivity contribution in [2.24, 2.45) is 0 Å². The molecular formula is C13H17BrClNO2. The molecule has 1 rings (SSSR count). The standard InChI is InChI=1S/C13H17BrClNO2/c1-3-4-5-12(13(17)18-2)16-9-6-7-11(15)10(14)8-9/h6-8,12,16H,3-5H2,1-2H3. The van der Waals surface area contributed by atoms with Gasteiger partial charge in [0.05, 0.1) is 12.1 Å². The molecule has 3 nitrogen and oxygen atoms in total. The summed E-state index contributed by atoms with van der Waals surface area (Å²) >= 11 is 9.28. The second-order valence-corrected chi connectivity index (χ2v) is 5.25. The van der Waals surface area contributed by atoms with Gasteiger partial charge in [-0.05, 0) is 40.5 Å². The average molecular weight is 335 g/mol. The summed E-state index contributed by atoms with van der Waals surface area (Å²) in [5.74, 6) is -0.241. The molecule has 0 bridgehead atoms. The van der Waals surface area contributed by atoms with Crippen LogP contribution in [0, 0.1) is 0 Å². The van der Waals surface area contributed by atoms with Gasteiger partial charge in [0.1, 0.15) is 6.04 Å². The van der Waals surface area contributed by atoms with Crippen LogP contribution in [-0.2, 0) is 9.53 Å². The van der Waals surface area contributed by atoms with Crippen LogP contribution in [0.3, 0.4) is 0 Å². The highest BCUT2D eigenvalue weighted by Gasteiger charge is 2.18. The van der Waals surface area contributed by atoms with E-state index >= 15 is 0 Å². The number of anilines is 1. The molecule has 0 amide bonds.